The molecule has 2 nitrogen and oxygen atoms in total. The van der Waals surface area contributed by atoms with E-state index in [2.05, 4.69) is 143 Å². The molecule has 0 spiro atoms. The fraction of sp³-hybridized carbons (Fsp3) is 0.265. The largest absolute Gasteiger partial charge is 0.295 e. The number of aromatic nitrogens is 2. The molecule has 0 fully saturated rings. The summed E-state index contributed by atoms with van der Waals surface area (Å²) < 4.78 is 4.93. The summed E-state index contributed by atoms with van der Waals surface area (Å²) in [7, 11) is 2.22. The maximum absolute atomic E-state index is 2.54. The number of rotatable bonds is 5. The topological polar surface area (TPSA) is 8.81 Å². The van der Waals surface area contributed by atoms with E-state index < -0.39 is 0 Å². The standard InChI is InChI=1S/C34H37N2/c1-22(2)28-14-11-15-29(23(3)4)33(28)36-31-19-18-27(26-12-9-8-10-13-26)21-32(31)35(7)34(36)30-20-24(5)16-17-25(30)6/h8-23H,1-7H3/q+1. The van der Waals surface area contributed by atoms with Gasteiger partial charge in [-0.2, -0.15) is 4.57 Å². The van der Waals surface area contributed by atoms with Gasteiger partial charge in [-0.1, -0.05) is 93.9 Å². The van der Waals surface area contributed by atoms with Gasteiger partial charge in [-0.15, -0.1) is 0 Å². The molecule has 1 aromatic heterocycles. The van der Waals surface area contributed by atoms with Crippen molar-refractivity contribution in [2.45, 2.75) is 53.4 Å². The zero-order valence-corrected chi connectivity index (χ0v) is 22.6. The van der Waals surface area contributed by atoms with Crippen LogP contribution in [-0.4, -0.2) is 4.57 Å². The predicted octanol–water partition coefficient (Wildman–Crippen LogP) is 8.65. The van der Waals surface area contributed by atoms with E-state index in [1.807, 2.05) is 0 Å². The van der Waals surface area contributed by atoms with Gasteiger partial charge in [-0.3, -0.25) is 0 Å². The Kier molecular flexibility index (Phi) is 6.30. The first kappa shape index (κ1) is 24.1. The molecule has 1 heterocycles. The molecule has 5 rings (SSSR count). The van der Waals surface area contributed by atoms with E-state index in [0.29, 0.717) is 11.8 Å². The molecule has 2 heteroatoms. The smallest absolute Gasteiger partial charge is 0.225 e. The molecule has 0 aliphatic carbocycles. The van der Waals surface area contributed by atoms with E-state index >= 15 is 0 Å². The second kappa shape index (κ2) is 9.43. The highest BCUT2D eigenvalue weighted by Crippen LogP contribution is 2.35. The van der Waals surface area contributed by atoms with Crippen molar-refractivity contribution in [3.8, 4) is 28.2 Å². The molecule has 0 atom stereocenters. The van der Waals surface area contributed by atoms with Crippen molar-refractivity contribution in [1.29, 1.82) is 0 Å². The first-order valence-electron chi connectivity index (χ1n) is 13.1. The van der Waals surface area contributed by atoms with Gasteiger partial charge in [0.2, 0.25) is 0 Å². The number of benzene rings is 4. The Hall–Kier alpha value is -3.65. The number of hydrogen-bond donors (Lipinski definition) is 0. The molecule has 36 heavy (non-hydrogen) atoms. The lowest BCUT2D eigenvalue weighted by atomic mass is 9.92. The summed E-state index contributed by atoms with van der Waals surface area (Å²) in [5, 5.41) is 0. The average Bonchev–Trinajstić information content (AvgIpc) is 3.16. The lowest BCUT2D eigenvalue weighted by Gasteiger charge is -2.18. The Morgan fingerprint density at radius 2 is 1.33 bits per heavy atom. The van der Waals surface area contributed by atoms with Gasteiger partial charge in [0, 0.05) is 11.1 Å². The van der Waals surface area contributed by atoms with E-state index in [0.717, 1.165) is 0 Å². The molecule has 0 bridgehead atoms. The molecule has 4 aromatic carbocycles. The zero-order chi connectivity index (χ0) is 25.6. The summed E-state index contributed by atoms with van der Waals surface area (Å²) in [6, 6.07) is 31.3. The summed E-state index contributed by atoms with van der Waals surface area (Å²) in [5.41, 5.74) is 12.9. The SMILES string of the molecule is Cc1ccc(C)c(-c2n(C)c3cc(-c4ccccc4)ccc3[n+]2-c2c(C(C)C)cccc2C(C)C)c1. The minimum Gasteiger partial charge on any atom is -0.225 e. The number of imidazole rings is 1. The lowest BCUT2D eigenvalue weighted by molar-refractivity contribution is -0.557. The number of aryl methyl sites for hydroxylation is 3. The minimum absolute atomic E-state index is 0.413. The van der Waals surface area contributed by atoms with Gasteiger partial charge in [0.05, 0.1) is 12.6 Å². The maximum atomic E-state index is 2.54. The second-order valence-corrected chi connectivity index (χ2v) is 10.7. The van der Waals surface area contributed by atoms with Crippen LogP contribution in [-0.2, 0) is 7.05 Å². The predicted molar refractivity (Wildman–Crippen MR) is 153 cm³/mol. The number of nitrogens with zero attached hydrogens (tertiary/aromatic N) is 2. The molecule has 0 unspecified atom stereocenters. The highest BCUT2D eigenvalue weighted by atomic mass is 15.2. The third-order valence-corrected chi connectivity index (χ3v) is 7.41. The van der Waals surface area contributed by atoms with Crippen LogP contribution in [0.4, 0.5) is 0 Å². The molecule has 0 aliphatic rings. The Balaban J connectivity index is 1.94. The van der Waals surface area contributed by atoms with Crippen molar-refractivity contribution in [2.75, 3.05) is 0 Å². The zero-order valence-electron chi connectivity index (χ0n) is 22.6. The summed E-state index contributed by atoms with van der Waals surface area (Å²) >= 11 is 0. The third-order valence-electron chi connectivity index (χ3n) is 7.41. The van der Waals surface area contributed by atoms with Crippen molar-refractivity contribution in [1.82, 2.24) is 4.57 Å². The van der Waals surface area contributed by atoms with Crippen LogP contribution in [0.2, 0.25) is 0 Å². The Morgan fingerprint density at radius 1 is 0.667 bits per heavy atom. The molecule has 0 aliphatic heterocycles. The van der Waals surface area contributed by atoms with Crippen LogP contribution in [0.3, 0.4) is 0 Å². The molecule has 0 amide bonds. The van der Waals surface area contributed by atoms with Crippen molar-refractivity contribution in [3.63, 3.8) is 0 Å². The van der Waals surface area contributed by atoms with Crippen LogP contribution in [0.1, 0.15) is 61.8 Å². The van der Waals surface area contributed by atoms with E-state index in [1.165, 1.54) is 61.5 Å². The van der Waals surface area contributed by atoms with Gasteiger partial charge >= 0.3 is 0 Å². The Morgan fingerprint density at radius 3 is 1.97 bits per heavy atom. The molecule has 0 saturated carbocycles. The van der Waals surface area contributed by atoms with E-state index in [9.17, 15) is 0 Å². The van der Waals surface area contributed by atoms with Crippen LogP contribution in [0.15, 0.2) is 84.9 Å². The fourth-order valence-electron chi connectivity index (χ4n) is 5.44. The second-order valence-electron chi connectivity index (χ2n) is 10.7. The molecule has 5 aromatic rings. The molecular weight excluding hydrogens is 436 g/mol. The van der Waals surface area contributed by atoms with Crippen LogP contribution >= 0.6 is 0 Å². The Bertz CT molecular complexity index is 1530. The normalized spacial score (nSPS) is 11.7. The fourth-order valence-corrected chi connectivity index (χ4v) is 5.44. The quantitative estimate of drug-likeness (QED) is 0.226. The molecule has 0 saturated heterocycles. The first-order valence-corrected chi connectivity index (χ1v) is 13.1. The van der Waals surface area contributed by atoms with Crippen molar-refractivity contribution < 1.29 is 4.57 Å². The van der Waals surface area contributed by atoms with Crippen molar-refractivity contribution >= 4 is 11.0 Å². The average molecular weight is 474 g/mol. The van der Waals surface area contributed by atoms with Crippen molar-refractivity contribution in [2.24, 2.45) is 7.05 Å². The van der Waals surface area contributed by atoms with Gasteiger partial charge in [-0.05, 0) is 66.6 Å². The Labute approximate surface area is 215 Å². The third kappa shape index (κ3) is 4.05. The van der Waals surface area contributed by atoms with Crippen molar-refractivity contribution in [3.05, 3.63) is 107 Å². The highest BCUT2D eigenvalue weighted by molar-refractivity contribution is 5.83. The first-order chi connectivity index (χ1) is 17.3. The van der Waals surface area contributed by atoms with Crippen LogP contribution in [0.5, 0.6) is 0 Å². The van der Waals surface area contributed by atoms with E-state index in [1.54, 1.807) is 0 Å². The van der Waals surface area contributed by atoms with E-state index in [-0.39, 0.29) is 0 Å². The van der Waals surface area contributed by atoms with Gasteiger partial charge in [0.25, 0.3) is 5.82 Å². The van der Waals surface area contributed by atoms with E-state index in [4.69, 9.17) is 0 Å². The number of fused-ring (bicyclic) bond motifs is 1. The van der Waals surface area contributed by atoms with Gasteiger partial charge < -0.3 is 0 Å². The monoisotopic (exact) mass is 473 g/mol. The molecule has 0 N–H and O–H groups in total. The summed E-state index contributed by atoms with van der Waals surface area (Å²) in [4.78, 5) is 0. The van der Waals surface area contributed by atoms with Crippen LogP contribution < -0.4 is 4.57 Å². The molecule has 0 radical (unpaired) electrons. The number of hydrogen-bond acceptors (Lipinski definition) is 0. The van der Waals surface area contributed by atoms with Gasteiger partial charge in [0.15, 0.2) is 11.0 Å². The summed E-state index contributed by atoms with van der Waals surface area (Å²) in [5.74, 6) is 2.06. The highest BCUT2D eigenvalue weighted by Gasteiger charge is 2.31. The molecule has 182 valence electrons. The minimum atomic E-state index is 0.413. The van der Waals surface area contributed by atoms with Crippen LogP contribution in [0.25, 0.3) is 39.2 Å². The summed E-state index contributed by atoms with van der Waals surface area (Å²) in [6.07, 6.45) is 0. The lowest BCUT2D eigenvalue weighted by Crippen LogP contribution is -2.36. The summed E-state index contributed by atoms with van der Waals surface area (Å²) in [6.45, 7) is 13.6. The van der Waals surface area contributed by atoms with Gasteiger partial charge in [-0.25, -0.2) is 4.57 Å². The molecular formula is C34H37N2+. The maximum Gasteiger partial charge on any atom is 0.295 e. The van der Waals surface area contributed by atoms with Gasteiger partial charge in [0.1, 0.15) is 5.69 Å². The van der Waals surface area contributed by atoms with Crippen LogP contribution in [0, 0.1) is 13.8 Å². The number of para-hydroxylation sites is 1.